The maximum Gasteiger partial charge on any atom is 0.119 e. The molecule has 0 atom stereocenters. The van der Waals surface area contributed by atoms with Gasteiger partial charge in [0.05, 0.1) is 6.54 Å². The van der Waals surface area contributed by atoms with E-state index in [4.69, 9.17) is 0 Å². The predicted octanol–water partition coefficient (Wildman–Crippen LogP) is 0.394. The lowest BCUT2D eigenvalue weighted by molar-refractivity contribution is 0.146. The third-order valence-corrected chi connectivity index (χ3v) is 0.626. The minimum absolute atomic E-state index is 0.753. The van der Waals surface area contributed by atoms with E-state index in [1.807, 2.05) is 6.08 Å². The van der Waals surface area contributed by atoms with Crippen molar-refractivity contribution in [3.8, 4) is 0 Å². The smallest absolute Gasteiger partial charge is 0.119 e. The predicted molar refractivity (Wildman–Crippen MR) is 26.0 cm³/mol. The molecule has 2 heteroatoms. The van der Waals surface area contributed by atoms with Crippen LogP contribution in [-0.2, 0) is 4.84 Å². The molecule has 37 valence electrons. The SMILES string of the molecule is [C]1=CONCC=C1. The summed E-state index contributed by atoms with van der Waals surface area (Å²) >= 11 is 0. The maximum absolute atomic E-state index is 4.65. The molecule has 0 saturated heterocycles. The Hall–Kier alpha value is -0.760. The van der Waals surface area contributed by atoms with E-state index in [1.165, 1.54) is 6.26 Å². The quantitative estimate of drug-likeness (QED) is 0.471. The van der Waals surface area contributed by atoms with E-state index in [0.29, 0.717) is 0 Å². The summed E-state index contributed by atoms with van der Waals surface area (Å²) in [6, 6.07) is 0. The van der Waals surface area contributed by atoms with Crippen molar-refractivity contribution in [1.82, 2.24) is 5.48 Å². The lowest BCUT2D eigenvalue weighted by Gasteiger charge is -1.92. The van der Waals surface area contributed by atoms with Gasteiger partial charge in [0.25, 0.3) is 0 Å². The summed E-state index contributed by atoms with van der Waals surface area (Å²) in [4.78, 5) is 4.65. The molecule has 0 aromatic carbocycles. The van der Waals surface area contributed by atoms with E-state index < -0.39 is 0 Å². The lowest BCUT2D eigenvalue weighted by Crippen LogP contribution is -2.08. The van der Waals surface area contributed by atoms with Crippen molar-refractivity contribution in [3.63, 3.8) is 0 Å². The van der Waals surface area contributed by atoms with Crippen molar-refractivity contribution >= 4 is 0 Å². The Kier molecular flexibility index (Phi) is 1.52. The van der Waals surface area contributed by atoms with Crippen LogP contribution in [0.3, 0.4) is 0 Å². The largest absolute Gasteiger partial charge is 0.416 e. The number of nitrogens with one attached hydrogen (secondary N) is 1. The fourth-order valence-electron chi connectivity index (χ4n) is 0.338. The van der Waals surface area contributed by atoms with E-state index in [2.05, 4.69) is 16.4 Å². The molecular formula is C5H6NO. The molecule has 0 unspecified atom stereocenters. The first-order valence-corrected chi connectivity index (χ1v) is 2.11. The third kappa shape index (κ3) is 1.41. The van der Waals surface area contributed by atoms with Crippen LogP contribution in [0, 0.1) is 6.08 Å². The zero-order valence-electron chi connectivity index (χ0n) is 3.85. The second-order valence-electron chi connectivity index (χ2n) is 1.15. The number of allylic oxidation sites excluding steroid dienone is 2. The molecule has 0 spiro atoms. The fourth-order valence-corrected chi connectivity index (χ4v) is 0.338. The molecule has 1 aliphatic rings. The Balaban J connectivity index is 2.39. The first kappa shape index (κ1) is 4.40. The van der Waals surface area contributed by atoms with E-state index in [9.17, 15) is 0 Å². The van der Waals surface area contributed by atoms with Gasteiger partial charge in [0, 0.05) is 6.08 Å². The normalized spacial score (nSPS) is 18.3. The van der Waals surface area contributed by atoms with Crippen LogP contribution in [0.15, 0.2) is 18.4 Å². The molecule has 0 aromatic heterocycles. The maximum atomic E-state index is 4.65. The number of hydrogen-bond acceptors (Lipinski definition) is 2. The van der Waals surface area contributed by atoms with Crippen LogP contribution in [0.1, 0.15) is 0 Å². The van der Waals surface area contributed by atoms with Crippen LogP contribution >= 0.6 is 0 Å². The summed E-state index contributed by atoms with van der Waals surface area (Å²) in [5.41, 5.74) is 2.64. The first-order valence-electron chi connectivity index (χ1n) is 2.11. The van der Waals surface area contributed by atoms with Gasteiger partial charge < -0.3 is 4.84 Å². The molecule has 1 rings (SSSR count). The molecule has 0 aromatic rings. The minimum atomic E-state index is 0.753. The number of rotatable bonds is 0. The molecule has 1 N–H and O–H groups in total. The zero-order chi connectivity index (χ0) is 4.95. The van der Waals surface area contributed by atoms with Crippen LogP contribution in [0.25, 0.3) is 0 Å². The van der Waals surface area contributed by atoms with E-state index in [-0.39, 0.29) is 0 Å². The number of hydroxylamine groups is 1. The molecule has 0 amide bonds. The zero-order valence-corrected chi connectivity index (χ0v) is 3.85. The molecule has 1 radical (unpaired) electrons. The van der Waals surface area contributed by atoms with Crippen molar-refractivity contribution in [2.45, 2.75) is 0 Å². The van der Waals surface area contributed by atoms with Gasteiger partial charge in [0.15, 0.2) is 0 Å². The molecule has 1 aliphatic heterocycles. The van der Waals surface area contributed by atoms with Gasteiger partial charge in [-0.2, -0.15) is 5.48 Å². The van der Waals surface area contributed by atoms with Crippen LogP contribution in [0.2, 0.25) is 0 Å². The van der Waals surface area contributed by atoms with Crippen LogP contribution in [-0.4, -0.2) is 6.54 Å². The second kappa shape index (κ2) is 2.42. The molecule has 2 nitrogen and oxygen atoms in total. The average Bonchev–Trinajstić information content (AvgIpc) is 1.90. The highest BCUT2D eigenvalue weighted by Gasteiger charge is 1.78. The highest BCUT2D eigenvalue weighted by atomic mass is 16.6. The van der Waals surface area contributed by atoms with Gasteiger partial charge in [-0.15, -0.1) is 0 Å². The lowest BCUT2D eigenvalue weighted by atomic mass is 10.5. The average molecular weight is 96.1 g/mol. The molecule has 1 heterocycles. The fraction of sp³-hybridized carbons (Fsp3) is 0.200. The van der Waals surface area contributed by atoms with Crippen LogP contribution in [0.5, 0.6) is 0 Å². The first-order chi connectivity index (χ1) is 3.50. The Morgan fingerprint density at radius 1 is 1.71 bits per heavy atom. The van der Waals surface area contributed by atoms with Crippen molar-refractivity contribution in [1.29, 1.82) is 0 Å². The van der Waals surface area contributed by atoms with E-state index >= 15 is 0 Å². The van der Waals surface area contributed by atoms with Gasteiger partial charge in [-0.25, -0.2) is 0 Å². The molecule has 0 bridgehead atoms. The second-order valence-corrected chi connectivity index (χ2v) is 1.15. The summed E-state index contributed by atoms with van der Waals surface area (Å²) in [5.74, 6) is 0. The molecular weight excluding hydrogens is 90.1 g/mol. The minimum Gasteiger partial charge on any atom is -0.416 e. The molecule has 7 heavy (non-hydrogen) atoms. The van der Waals surface area contributed by atoms with Gasteiger partial charge in [-0.3, -0.25) is 0 Å². The summed E-state index contributed by atoms with van der Waals surface area (Å²) in [5, 5.41) is 0. The Labute approximate surface area is 42.4 Å². The van der Waals surface area contributed by atoms with E-state index in [1.54, 1.807) is 6.08 Å². The summed E-state index contributed by atoms with van der Waals surface area (Å²) in [6.45, 7) is 0.753. The van der Waals surface area contributed by atoms with Gasteiger partial charge in [-0.05, 0) is 0 Å². The summed E-state index contributed by atoms with van der Waals surface area (Å²) in [7, 11) is 0. The third-order valence-electron chi connectivity index (χ3n) is 0.626. The highest BCUT2D eigenvalue weighted by molar-refractivity contribution is 4.94. The van der Waals surface area contributed by atoms with Crippen molar-refractivity contribution < 1.29 is 4.84 Å². The summed E-state index contributed by atoms with van der Waals surface area (Å²) in [6.07, 6.45) is 7.96. The number of hydrogen-bond donors (Lipinski definition) is 1. The standard InChI is InChI=1S/C5H6NO/c1-2-4-6-7-5-3-1/h1-2,5-6H,4H2. The molecule has 0 fully saturated rings. The van der Waals surface area contributed by atoms with Gasteiger partial charge in [0.2, 0.25) is 0 Å². The monoisotopic (exact) mass is 96.0 g/mol. The highest BCUT2D eigenvalue weighted by Crippen LogP contribution is 1.79. The Morgan fingerprint density at radius 3 is 3.71 bits per heavy atom. The van der Waals surface area contributed by atoms with Crippen molar-refractivity contribution in [2.75, 3.05) is 6.54 Å². The summed E-state index contributed by atoms with van der Waals surface area (Å²) < 4.78 is 0. The topological polar surface area (TPSA) is 21.3 Å². The van der Waals surface area contributed by atoms with Crippen LogP contribution in [0.4, 0.5) is 0 Å². The van der Waals surface area contributed by atoms with Crippen molar-refractivity contribution in [2.24, 2.45) is 0 Å². The van der Waals surface area contributed by atoms with E-state index in [0.717, 1.165) is 6.54 Å². The molecule has 0 saturated carbocycles. The Bertz CT molecular complexity index is 84.3. The van der Waals surface area contributed by atoms with Gasteiger partial charge >= 0.3 is 0 Å². The van der Waals surface area contributed by atoms with Crippen molar-refractivity contribution in [3.05, 3.63) is 24.5 Å². The molecule has 0 aliphatic carbocycles. The Morgan fingerprint density at radius 2 is 2.71 bits per heavy atom. The van der Waals surface area contributed by atoms with Gasteiger partial charge in [-0.1, -0.05) is 12.2 Å². The van der Waals surface area contributed by atoms with Gasteiger partial charge in [0.1, 0.15) is 6.26 Å². The van der Waals surface area contributed by atoms with Crippen LogP contribution < -0.4 is 5.48 Å².